The SMILES string of the molecule is O=C(O)c1c[nH]c2c1CCN(C(=O)OCc1ccccc1)C2. The topological polar surface area (TPSA) is 82.6 Å². The Morgan fingerprint density at radius 1 is 1.27 bits per heavy atom. The molecule has 0 radical (unpaired) electrons. The van der Waals surface area contributed by atoms with E-state index in [1.165, 1.54) is 6.20 Å². The predicted molar refractivity (Wildman–Crippen MR) is 78.5 cm³/mol. The first-order valence-electron chi connectivity index (χ1n) is 7.03. The molecule has 1 aliphatic rings. The number of aromatic carboxylic acids is 1. The minimum Gasteiger partial charge on any atom is -0.478 e. The molecule has 6 heteroatoms. The van der Waals surface area contributed by atoms with Gasteiger partial charge in [0.05, 0.1) is 12.1 Å². The number of hydrogen-bond donors (Lipinski definition) is 2. The third-order valence-corrected chi connectivity index (χ3v) is 3.75. The van der Waals surface area contributed by atoms with Crippen LogP contribution in [0.15, 0.2) is 36.5 Å². The molecule has 114 valence electrons. The Bertz CT molecular complexity index is 693. The lowest BCUT2D eigenvalue weighted by Crippen LogP contribution is -2.36. The van der Waals surface area contributed by atoms with Crippen LogP contribution in [-0.2, 0) is 24.3 Å². The summed E-state index contributed by atoms with van der Waals surface area (Å²) in [7, 11) is 0. The summed E-state index contributed by atoms with van der Waals surface area (Å²) in [5.74, 6) is -0.947. The molecule has 1 aromatic carbocycles. The molecule has 0 bridgehead atoms. The average molecular weight is 300 g/mol. The second-order valence-corrected chi connectivity index (χ2v) is 5.18. The molecule has 0 saturated heterocycles. The third-order valence-electron chi connectivity index (χ3n) is 3.75. The molecule has 0 saturated carbocycles. The van der Waals surface area contributed by atoms with Crippen LogP contribution >= 0.6 is 0 Å². The van der Waals surface area contributed by atoms with Gasteiger partial charge in [0.15, 0.2) is 0 Å². The maximum absolute atomic E-state index is 12.1. The van der Waals surface area contributed by atoms with Crippen molar-refractivity contribution < 1.29 is 19.4 Å². The number of hydrogen-bond acceptors (Lipinski definition) is 3. The van der Waals surface area contributed by atoms with Gasteiger partial charge in [-0.1, -0.05) is 30.3 Å². The van der Waals surface area contributed by atoms with Crippen molar-refractivity contribution in [2.24, 2.45) is 0 Å². The third kappa shape index (κ3) is 2.81. The highest BCUT2D eigenvalue weighted by Crippen LogP contribution is 2.22. The molecule has 1 amide bonds. The molecule has 1 aromatic heterocycles. The maximum Gasteiger partial charge on any atom is 0.410 e. The van der Waals surface area contributed by atoms with Crippen molar-refractivity contribution in [3.8, 4) is 0 Å². The molecule has 0 aliphatic carbocycles. The first-order valence-corrected chi connectivity index (χ1v) is 7.03. The van der Waals surface area contributed by atoms with Crippen molar-refractivity contribution in [2.75, 3.05) is 6.54 Å². The monoisotopic (exact) mass is 300 g/mol. The van der Waals surface area contributed by atoms with Crippen LogP contribution in [0.5, 0.6) is 0 Å². The molecular weight excluding hydrogens is 284 g/mol. The molecule has 1 aliphatic heterocycles. The highest BCUT2D eigenvalue weighted by atomic mass is 16.6. The molecule has 0 atom stereocenters. The fourth-order valence-electron chi connectivity index (χ4n) is 2.60. The Morgan fingerprint density at radius 2 is 2.05 bits per heavy atom. The summed E-state index contributed by atoms with van der Waals surface area (Å²) in [5, 5.41) is 9.09. The van der Waals surface area contributed by atoms with Crippen LogP contribution in [0, 0.1) is 0 Å². The lowest BCUT2D eigenvalue weighted by atomic mass is 10.0. The first-order chi connectivity index (χ1) is 10.6. The van der Waals surface area contributed by atoms with Crippen LogP contribution in [0.3, 0.4) is 0 Å². The largest absolute Gasteiger partial charge is 0.478 e. The second kappa shape index (κ2) is 5.93. The maximum atomic E-state index is 12.1. The number of H-pyrrole nitrogens is 1. The number of aromatic nitrogens is 1. The Morgan fingerprint density at radius 3 is 2.77 bits per heavy atom. The molecule has 22 heavy (non-hydrogen) atoms. The van der Waals surface area contributed by atoms with Crippen LogP contribution in [-0.4, -0.2) is 33.6 Å². The van der Waals surface area contributed by atoms with Crippen molar-refractivity contribution in [3.63, 3.8) is 0 Å². The summed E-state index contributed by atoms with van der Waals surface area (Å²) < 4.78 is 5.29. The van der Waals surface area contributed by atoms with Gasteiger partial charge in [0.1, 0.15) is 6.61 Å². The Balaban J connectivity index is 1.62. The number of ether oxygens (including phenoxy) is 1. The van der Waals surface area contributed by atoms with Gasteiger partial charge >= 0.3 is 12.1 Å². The quantitative estimate of drug-likeness (QED) is 0.912. The predicted octanol–water partition coefficient (Wildman–Crippen LogP) is 2.41. The van der Waals surface area contributed by atoms with Gasteiger partial charge in [-0.25, -0.2) is 9.59 Å². The van der Waals surface area contributed by atoms with Gasteiger partial charge < -0.3 is 19.7 Å². The lowest BCUT2D eigenvalue weighted by Gasteiger charge is -2.26. The number of aromatic amines is 1. The molecule has 2 N–H and O–H groups in total. The van der Waals surface area contributed by atoms with E-state index in [1.807, 2.05) is 30.3 Å². The van der Waals surface area contributed by atoms with E-state index in [0.29, 0.717) is 19.5 Å². The smallest absolute Gasteiger partial charge is 0.410 e. The molecular formula is C16H16N2O4. The minimum atomic E-state index is -0.947. The Kier molecular flexibility index (Phi) is 3.82. The fourth-order valence-corrected chi connectivity index (χ4v) is 2.60. The number of carboxylic acid groups (broad SMARTS) is 1. The highest BCUT2D eigenvalue weighted by molar-refractivity contribution is 5.89. The van der Waals surface area contributed by atoms with E-state index in [-0.39, 0.29) is 18.3 Å². The van der Waals surface area contributed by atoms with Crippen LogP contribution in [0.2, 0.25) is 0 Å². The van der Waals surface area contributed by atoms with Gasteiger partial charge in [-0.2, -0.15) is 0 Å². The van der Waals surface area contributed by atoms with Crippen LogP contribution in [0.25, 0.3) is 0 Å². The lowest BCUT2D eigenvalue weighted by molar-refractivity contribution is 0.0695. The van der Waals surface area contributed by atoms with E-state index in [1.54, 1.807) is 4.90 Å². The number of carbonyl (C=O) groups is 2. The molecule has 0 fully saturated rings. The molecule has 0 spiro atoms. The Labute approximate surface area is 127 Å². The molecule has 2 heterocycles. The zero-order valence-corrected chi connectivity index (χ0v) is 11.9. The van der Waals surface area contributed by atoms with E-state index in [2.05, 4.69) is 4.98 Å². The van der Waals surface area contributed by atoms with Crippen LogP contribution in [0.1, 0.15) is 27.2 Å². The number of carboxylic acids is 1. The summed E-state index contributed by atoms with van der Waals surface area (Å²) in [6.07, 6.45) is 1.60. The van der Waals surface area contributed by atoms with Gasteiger partial charge in [0.25, 0.3) is 0 Å². The van der Waals surface area contributed by atoms with E-state index >= 15 is 0 Å². The van der Waals surface area contributed by atoms with Crippen molar-refractivity contribution in [1.29, 1.82) is 0 Å². The highest BCUT2D eigenvalue weighted by Gasteiger charge is 2.26. The Hall–Kier alpha value is -2.76. The summed E-state index contributed by atoms with van der Waals surface area (Å²) in [4.78, 5) is 27.7. The van der Waals surface area contributed by atoms with E-state index in [0.717, 1.165) is 16.8 Å². The van der Waals surface area contributed by atoms with Gasteiger partial charge in [-0.05, 0) is 17.5 Å². The van der Waals surface area contributed by atoms with E-state index in [4.69, 9.17) is 9.84 Å². The standard InChI is InChI=1S/C16H16N2O4/c19-15(20)13-8-17-14-9-18(7-6-12(13)14)16(21)22-10-11-4-2-1-3-5-11/h1-5,8,17H,6-7,9-10H2,(H,19,20). The number of fused-ring (bicyclic) bond motifs is 1. The van der Waals surface area contributed by atoms with Gasteiger partial charge in [-0.3, -0.25) is 0 Å². The summed E-state index contributed by atoms with van der Waals surface area (Å²) >= 11 is 0. The van der Waals surface area contributed by atoms with Crippen molar-refractivity contribution in [3.05, 3.63) is 58.9 Å². The number of benzene rings is 1. The molecule has 3 rings (SSSR count). The van der Waals surface area contributed by atoms with Crippen molar-refractivity contribution in [1.82, 2.24) is 9.88 Å². The average Bonchev–Trinajstić information content (AvgIpc) is 2.97. The van der Waals surface area contributed by atoms with Crippen LogP contribution < -0.4 is 0 Å². The fraction of sp³-hybridized carbons (Fsp3) is 0.250. The summed E-state index contributed by atoms with van der Waals surface area (Å²) in [6.45, 7) is 1.03. The van der Waals surface area contributed by atoms with E-state index in [9.17, 15) is 9.59 Å². The van der Waals surface area contributed by atoms with Gasteiger partial charge in [-0.15, -0.1) is 0 Å². The van der Waals surface area contributed by atoms with Crippen LogP contribution in [0.4, 0.5) is 4.79 Å². The number of amides is 1. The van der Waals surface area contributed by atoms with Gasteiger partial charge in [0, 0.05) is 18.4 Å². The normalized spacial score (nSPS) is 13.5. The number of nitrogens with zero attached hydrogens (tertiary/aromatic N) is 1. The number of rotatable bonds is 3. The van der Waals surface area contributed by atoms with E-state index < -0.39 is 5.97 Å². The zero-order chi connectivity index (χ0) is 15.5. The first kappa shape index (κ1) is 14.2. The summed E-state index contributed by atoms with van der Waals surface area (Å²) in [6, 6.07) is 9.48. The number of carbonyl (C=O) groups excluding carboxylic acids is 1. The number of nitrogens with one attached hydrogen (secondary N) is 1. The summed E-state index contributed by atoms with van der Waals surface area (Å²) in [5.41, 5.74) is 2.76. The molecule has 6 nitrogen and oxygen atoms in total. The van der Waals surface area contributed by atoms with Crippen molar-refractivity contribution in [2.45, 2.75) is 19.6 Å². The van der Waals surface area contributed by atoms with Crippen molar-refractivity contribution >= 4 is 12.1 Å². The zero-order valence-electron chi connectivity index (χ0n) is 11.9. The minimum absolute atomic E-state index is 0.230. The molecule has 0 unspecified atom stereocenters. The van der Waals surface area contributed by atoms with Gasteiger partial charge in [0.2, 0.25) is 0 Å². The second-order valence-electron chi connectivity index (χ2n) is 5.18. The molecule has 2 aromatic rings.